The fraction of sp³-hybridized carbons (Fsp3) is 0.167. The number of halogens is 1. The lowest BCUT2D eigenvalue weighted by molar-refractivity contribution is 1.03. The molecule has 3 rings (SSSR count). The molecule has 0 fully saturated rings. The van der Waals surface area contributed by atoms with Crippen LogP contribution in [0, 0.1) is 0 Å². The van der Waals surface area contributed by atoms with Crippen LogP contribution in [-0.2, 0) is 12.8 Å². The van der Waals surface area contributed by atoms with Gasteiger partial charge < -0.3 is 5.73 Å². The lowest BCUT2D eigenvalue weighted by Crippen LogP contribution is -1.90. The monoisotopic (exact) mass is 249 g/mol. The summed E-state index contributed by atoms with van der Waals surface area (Å²) in [5, 5.41) is 2.74. The average Bonchev–Trinajstić information content (AvgIpc) is 2.57. The zero-order chi connectivity index (χ0) is 8.84. The van der Waals surface area contributed by atoms with E-state index in [0.717, 1.165) is 18.5 Å². The van der Waals surface area contributed by atoms with Crippen molar-refractivity contribution < 1.29 is 0 Å². The fourth-order valence-electron chi connectivity index (χ4n) is 2.29. The SMILES string of the molecule is Br.Nc1ccc2cccc3c2c1CC3. The van der Waals surface area contributed by atoms with Gasteiger partial charge in [0.1, 0.15) is 0 Å². The van der Waals surface area contributed by atoms with Crippen molar-refractivity contribution in [3.05, 3.63) is 41.5 Å². The Labute approximate surface area is 93.7 Å². The molecule has 2 heteroatoms. The van der Waals surface area contributed by atoms with Gasteiger partial charge in [0, 0.05) is 5.69 Å². The van der Waals surface area contributed by atoms with Gasteiger partial charge in [-0.25, -0.2) is 0 Å². The van der Waals surface area contributed by atoms with Crippen LogP contribution in [-0.4, -0.2) is 0 Å². The molecule has 1 aliphatic rings. The average molecular weight is 250 g/mol. The van der Waals surface area contributed by atoms with Gasteiger partial charge in [0.15, 0.2) is 0 Å². The van der Waals surface area contributed by atoms with Gasteiger partial charge >= 0.3 is 0 Å². The Morgan fingerprint density at radius 1 is 1.00 bits per heavy atom. The third-order valence-corrected chi connectivity index (χ3v) is 2.92. The second-order valence-corrected chi connectivity index (χ2v) is 3.65. The molecule has 0 saturated heterocycles. The van der Waals surface area contributed by atoms with E-state index >= 15 is 0 Å². The summed E-state index contributed by atoms with van der Waals surface area (Å²) in [4.78, 5) is 0. The lowest BCUT2D eigenvalue weighted by atomic mass is 10.0. The zero-order valence-electron chi connectivity index (χ0n) is 7.79. The Balaban J connectivity index is 0.000000750. The minimum absolute atomic E-state index is 0. The minimum atomic E-state index is 0. The third-order valence-electron chi connectivity index (χ3n) is 2.92. The summed E-state index contributed by atoms with van der Waals surface area (Å²) in [5.41, 5.74) is 9.70. The summed E-state index contributed by atoms with van der Waals surface area (Å²) in [7, 11) is 0. The van der Waals surface area contributed by atoms with E-state index in [2.05, 4.69) is 24.3 Å². The van der Waals surface area contributed by atoms with Gasteiger partial charge in [-0.15, -0.1) is 17.0 Å². The number of anilines is 1. The molecule has 0 radical (unpaired) electrons. The number of hydrogen-bond donors (Lipinski definition) is 1. The summed E-state index contributed by atoms with van der Waals surface area (Å²) < 4.78 is 0. The highest BCUT2D eigenvalue weighted by Crippen LogP contribution is 2.33. The highest BCUT2D eigenvalue weighted by Gasteiger charge is 2.15. The van der Waals surface area contributed by atoms with Crippen LogP contribution in [0.1, 0.15) is 11.1 Å². The van der Waals surface area contributed by atoms with Crippen molar-refractivity contribution in [2.45, 2.75) is 12.8 Å². The van der Waals surface area contributed by atoms with Crippen molar-refractivity contribution in [3.8, 4) is 0 Å². The molecule has 0 heterocycles. The van der Waals surface area contributed by atoms with Crippen LogP contribution >= 0.6 is 17.0 Å². The second kappa shape index (κ2) is 3.28. The first-order valence-corrected chi connectivity index (χ1v) is 4.65. The molecule has 1 aliphatic carbocycles. The van der Waals surface area contributed by atoms with E-state index < -0.39 is 0 Å². The molecule has 1 nitrogen and oxygen atoms in total. The molecule has 0 amide bonds. The Hall–Kier alpha value is -1.02. The Kier molecular flexibility index (Phi) is 2.23. The molecule has 0 spiro atoms. The van der Waals surface area contributed by atoms with Crippen LogP contribution in [0.2, 0.25) is 0 Å². The highest BCUT2D eigenvalue weighted by atomic mass is 79.9. The maximum atomic E-state index is 5.93. The van der Waals surface area contributed by atoms with Crippen LogP contribution in [0.3, 0.4) is 0 Å². The topological polar surface area (TPSA) is 26.0 Å². The van der Waals surface area contributed by atoms with E-state index in [1.165, 1.54) is 21.9 Å². The van der Waals surface area contributed by atoms with Gasteiger partial charge in [0.2, 0.25) is 0 Å². The van der Waals surface area contributed by atoms with Gasteiger partial charge in [0.05, 0.1) is 0 Å². The molecular weight excluding hydrogens is 238 g/mol. The zero-order valence-corrected chi connectivity index (χ0v) is 9.50. The van der Waals surface area contributed by atoms with Crippen molar-refractivity contribution in [2.24, 2.45) is 0 Å². The van der Waals surface area contributed by atoms with Gasteiger partial charge in [-0.1, -0.05) is 24.3 Å². The van der Waals surface area contributed by atoms with Gasteiger partial charge in [0.25, 0.3) is 0 Å². The van der Waals surface area contributed by atoms with E-state index in [0.29, 0.717) is 0 Å². The highest BCUT2D eigenvalue weighted by molar-refractivity contribution is 8.93. The molecule has 2 aromatic rings. The van der Waals surface area contributed by atoms with Crippen LogP contribution < -0.4 is 5.73 Å². The molecule has 0 aliphatic heterocycles. The Morgan fingerprint density at radius 3 is 2.71 bits per heavy atom. The van der Waals surface area contributed by atoms with Gasteiger partial charge in [-0.05, 0) is 40.8 Å². The smallest absolute Gasteiger partial charge is 0.0353 e. The summed E-state index contributed by atoms with van der Waals surface area (Å²) >= 11 is 0. The molecule has 0 saturated carbocycles. The molecule has 2 N–H and O–H groups in total. The van der Waals surface area contributed by atoms with Crippen molar-refractivity contribution in [2.75, 3.05) is 5.73 Å². The van der Waals surface area contributed by atoms with Crippen LogP contribution in [0.4, 0.5) is 5.69 Å². The van der Waals surface area contributed by atoms with E-state index in [-0.39, 0.29) is 17.0 Å². The maximum Gasteiger partial charge on any atom is 0.0353 e. The molecular formula is C12H12BrN. The summed E-state index contributed by atoms with van der Waals surface area (Å²) in [6, 6.07) is 10.6. The third kappa shape index (κ3) is 1.14. The van der Waals surface area contributed by atoms with Crippen molar-refractivity contribution in [3.63, 3.8) is 0 Å². The standard InChI is InChI=1S/C12H11N.BrH/c13-11-7-5-9-3-1-2-8-4-6-10(11)12(8)9;/h1-3,5,7H,4,6,13H2;1H. The molecule has 0 aromatic heterocycles. The van der Waals surface area contributed by atoms with Gasteiger partial charge in [-0.2, -0.15) is 0 Å². The van der Waals surface area contributed by atoms with Crippen molar-refractivity contribution >= 4 is 33.4 Å². The van der Waals surface area contributed by atoms with Gasteiger partial charge in [-0.3, -0.25) is 0 Å². The Bertz CT molecular complexity index is 491. The first-order valence-electron chi connectivity index (χ1n) is 4.65. The van der Waals surface area contributed by atoms with Crippen LogP contribution in [0.5, 0.6) is 0 Å². The summed E-state index contributed by atoms with van der Waals surface area (Å²) in [5.74, 6) is 0. The van der Waals surface area contributed by atoms with Crippen LogP contribution in [0.25, 0.3) is 10.8 Å². The molecule has 2 aromatic carbocycles. The molecule has 14 heavy (non-hydrogen) atoms. The van der Waals surface area contributed by atoms with E-state index in [1.54, 1.807) is 0 Å². The predicted molar refractivity (Wildman–Crippen MR) is 66.1 cm³/mol. The summed E-state index contributed by atoms with van der Waals surface area (Å²) in [6.45, 7) is 0. The number of nitrogen functional groups attached to an aromatic ring is 1. The number of hydrogen-bond acceptors (Lipinski definition) is 1. The van der Waals surface area contributed by atoms with E-state index in [4.69, 9.17) is 5.73 Å². The maximum absolute atomic E-state index is 5.93. The molecule has 0 atom stereocenters. The number of benzene rings is 2. The number of nitrogens with two attached hydrogens (primary N) is 1. The van der Waals surface area contributed by atoms with Crippen molar-refractivity contribution in [1.29, 1.82) is 0 Å². The number of rotatable bonds is 0. The largest absolute Gasteiger partial charge is 0.398 e. The minimum Gasteiger partial charge on any atom is -0.398 e. The first kappa shape index (κ1) is 9.53. The summed E-state index contributed by atoms with van der Waals surface area (Å²) in [6.07, 6.45) is 2.27. The van der Waals surface area contributed by atoms with Crippen molar-refractivity contribution in [1.82, 2.24) is 0 Å². The predicted octanol–water partition coefficient (Wildman–Crippen LogP) is 3.10. The van der Waals surface area contributed by atoms with E-state index in [1.807, 2.05) is 6.07 Å². The second-order valence-electron chi connectivity index (χ2n) is 3.65. The molecule has 72 valence electrons. The number of aryl methyl sites for hydroxylation is 2. The Morgan fingerprint density at radius 2 is 1.86 bits per heavy atom. The lowest BCUT2D eigenvalue weighted by Gasteiger charge is -2.03. The molecule has 0 unspecified atom stereocenters. The quantitative estimate of drug-likeness (QED) is 0.714. The van der Waals surface area contributed by atoms with Crippen LogP contribution in [0.15, 0.2) is 30.3 Å². The first-order chi connectivity index (χ1) is 6.36. The normalized spacial score (nSPS) is 12.9. The molecule has 0 bridgehead atoms. The fourth-order valence-corrected chi connectivity index (χ4v) is 2.29. The van der Waals surface area contributed by atoms with E-state index in [9.17, 15) is 0 Å².